The molecule has 0 aliphatic carbocycles. The van der Waals surface area contributed by atoms with E-state index in [4.69, 9.17) is 0 Å². The molecule has 0 aliphatic heterocycles. The first kappa shape index (κ1) is 19.3. The summed E-state index contributed by atoms with van der Waals surface area (Å²) >= 11 is 3.38. The van der Waals surface area contributed by atoms with E-state index in [0.717, 1.165) is 5.56 Å². The van der Waals surface area contributed by atoms with E-state index in [-0.39, 0.29) is 11.4 Å². The number of rotatable bonds is 5. The van der Waals surface area contributed by atoms with E-state index in [1.807, 2.05) is 19.1 Å². The van der Waals surface area contributed by atoms with Crippen LogP contribution in [-0.2, 0) is 9.59 Å². The van der Waals surface area contributed by atoms with Crippen LogP contribution in [-0.4, -0.2) is 16.7 Å². The fraction of sp³-hybridized carbons (Fsp3) is 0.111. The highest BCUT2D eigenvalue weighted by molar-refractivity contribution is 9.10. The van der Waals surface area contributed by atoms with E-state index in [2.05, 4.69) is 26.6 Å². The van der Waals surface area contributed by atoms with Gasteiger partial charge in [-0.2, -0.15) is 0 Å². The number of benzene rings is 2. The van der Waals surface area contributed by atoms with Crippen LogP contribution in [0, 0.1) is 17.0 Å². The largest absolute Gasteiger partial charge is 0.322 e. The van der Waals surface area contributed by atoms with Gasteiger partial charge in [-0.1, -0.05) is 6.07 Å². The number of hydrogen-bond donors (Lipinski definition) is 2. The van der Waals surface area contributed by atoms with Crippen molar-refractivity contribution < 1.29 is 14.5 Å². The molecule has 134 valence electrons. The molecule has 0 radical (unpaired) electrons. The van der Waals surface area contributed by atoms with Crippen LogP contribution < -0.4 is 10.6 Å². The van der Waals surface area contributed by atoms with E-state index in [0.29, 0.717) is 15.7 Å². The zero-order chi connectivity index (χ0) is 19.3. The van der Waals surface area contributed by atoms with Crippen molar-refractivity contribution in [2.45, 2.75) is 13.8 Å². The van der Waals surface area contributed by atoms with Crippen molar-refractivity contribution in [3.63, 3.8) is 0 Å². The molecule has 2 N–H and O–H groups in total. The maximum absolute atomic E-state index is 12.5. The molecule has 26 heavy (non-hydrogen) atoms. The van der Waals surface area contributed by atoms with Gasteiger partial charge in [0.15, 0.2) is 0 Å². The third kappa shape index (κ3) is 5.25. The first-order valence-corrected chi connectivity index (χ1v) is 8.37. The summed E-state index contributed by atoms with van der Waals surface area (Å²) < 4.78 is 0.711. The van der Waals surface area contributed by atoms with Crippen LogP contribution in [0.4, 0.5) is 11.4 Å². The van der Waals surface area contributed by atoms with Crippen LogP contribution in [0.2, 0.25) is 0 Å². The molecule has 0 saturated heterocycles. The minimum Gasteiger partial charge on any atom is -0.322 e. The molecule has 0 heterocycles. The molecule has 0 atom stereocenters. The Morgan fingerprint density at radius 2 is 1.81 bits per heavy atom. The van der Waals surface area contributed by atoms with E-state index in [9.17, 15) is 19.7 Å². The van der Waals surface area contributed by atoms with Crippen molar-refractivity contribution in [2.24, 2.45) is 0 Å². The predicted molar refractivity (Wildman–Crippen MR) is 102 cm³/mol. The third-order valence-electron chi connectivity index (χ3n) is 3.34. The van der Waals surface area contributed by atoms with Gasteiger partial charge < -0.3 is 10.6 Å². The summed E-state index contributed by atoms with van der Waals surface area (Å²) in [6, 6.07) is 11.1. The summed E-state index contributed by atoms with van der Waals surface area (Å²) in [4.78, 5) is 34.2. The number of carbonyl (C=O) groups is 2. The van der Waals surface area contributed by atoms with Crippen molar-refractivity contribution in [2.75, 3.05) is 5.32 Å². The van der Waals surface area contributed by atoms with Gasteiger partial charge in [-0.05, 0) is 64.3 Å². The predicted octanol–water partition coefficient (Wildman–Crippen LogP) is 3.78. The minimum atomic E-state index is -0.511. The molecule has 0 unspecified atom stereocenters. The summed E-state index contributed by atoms with van der Waals surface area (Å²) in [5.74, 6) is -0.917. The van der Waals surface area contributed by atoms with Crippen LogP contribution >= 0.6 is 15.9 Å². The van der Waals surface area contributed by atoms with Gasteiger partial charge in [0, 0.05) is 23.5 Å². The van der Waals surface area contributed by atoms with Gasteiger partial charge in [-0.25, -0.2) is 0 Å². The lowest BCUT2D eigenvalue weighted by Crippen LogP contribution is -2.29. The van der Waals surface area contributed by atoms with Gasteiger partial charge in [0.25, 0.3) is 11.6 Å². The van der Waals surface area contributed by atoms with Crippen molar-refractivity contribution in [1.29, 1.82) is 0 Å². The molecule has 8 heteroatoms. The number of hydrogen-bond acceptors (Lipinski definition) is 4. The monoisotopic (exact) mass is 417 g/mol. The van der Waals surface area contributed by atoms with Gasteiger partial charge in [0.1, 0.15) is 5.70 Å². The number of non-ortho nitro benzene ring substituents is 1. The van der Waals surface area contributed by atoms with Crippen LogP contribution in [0.15, 0.2) is 52.6 Å². The van der Waals surface area contributed by atoms with E-state index in [1.54, 1.807) is 6.07 Å². The first-order chi connectivity index (χ1) is 12.3. The molecule has 0 aliphatic rings. The molecule has 0 spiro atoms. The summed E-state index contributed by atoms with van der Waals surface area (Å²) in [7, 11) is 0. The van der Waals surface area contributed by atoms with Gasteiger partial charge >= 0.3 is 0 Å². The smallest absolute Gasteiger partial charge is 0.272 e. The van der Waals surface area contributed by atoms with Crippen molar-refractivity contribution >= 4 is 45.2 Å². The topological polar surface area (TPSA) is 101 Å². The highest BCUT2D eigenvalue weighted by Gasteiger charge is 2.13. The Kier molecular flexibility index (Phi) is 6.24. The fourth-order valence-corrected chi connectivity index (χ4v) is 2.71. The lowest BCUT2D eigenvalue weighted by Gasteiger charge is -2.11. The maximum atomic E-state index is 12.5. The molecule has 2 aromatic rings. The Morgan fingerprint density at radius 1 is 1.15 bits per heavy atom. The average molecular weight is 418 g/mol. The molecule has 0 bridgehead atoms. The Balaban J connectivity index is 2.29. The van der Waals surface area contributed by atoms with Crippen molar-refractivity contribution in [3.05, 3.63) is 73.9 Å². The average Bonchev–Trinajstić information content (AvgIpc) is 2.56. The Labute approximate surface area is 158 Å². The Morgan fingerprint density at radius 3 is 2.35 bits per heavy atom. The molecule has 7 nitrogen and oxygen atoms in total. The summed E-state index contributed by atoms with van der Waals surface area (Å²) in [6.07, 6.45) is 1.45. The normalized spacial score (nSPS) is 11.0. The number of halogens is 1. The third-order valence-corrected chi connectivity index (χ3v) is 4.00. The second-order valence-corrected chi connectivity index (χ2v) is 6.38. The summed E-state index contributed by atoms with van der Waals surface area (Å²) in [5, 5.41) is 15.9. The van der Waals surface area contributed by atoms with Gasteiger partial charge in [0.2, 0.25) is 5.91 Å². The lowest BCUT2D eigenvalue weighted by atomic mass is 10.1. The summed E-state index contributed by atoms with van der Waals surface area (Å²) in [5.41, 5.74) is 2.09. The number of nitro benzene ring substituents is 1. The zero-order valence-corrected chi connectivity index (χ0v) is 15.7. The van der Waals surface area contributed by atoms with Gasteiger partial charge in [0.05, 0.1) is 10.6 Å². The molecule has 0 aromatic heterocycles. The van der Waals surface area contributed by atoms with E-state index in [1.165, 1.54) is 37.3 Å². The number of carbonyl (C=O) groups excluding carboxylic acids is 2. The highest BCUT2D eigenvalue weighted by atomic mass is 79.9. The quantitative estimate of drug-likeness (QED) is 0.438. The standard InChI is InChI=1S/C18H16BrN3O4/c1-11-3-8-16(15(19)9-11)21-18(24)17(20-12(2)23)10-13-4-6-14(7-5-13)22(25)26/h3-10H,1-2H3,(H,20,23)(H,21,24). The highest BCUT2D eigenvalue weighted by Crippen LogP contribution is 2.24. The van der Waals surface area contributed by atoms with E-state index >= 15 is 0 Å². The SMILES string of the molecule is CC(=O)NC(=Cc1ccc([N+](=O)[O-])cc1)C(=O)Nc1ccc(C)cc1Br. The number of amides is 2. The maximum Gasteiger partial charge on any atom is 0.272 e. The number of nitrogens with zero attached hydrogens (tertiary/aromatic N) is 1. The molecular formula is C18H16BrN3O4. The lowest BCUT2D eigenvalue weighted by molar-refractivity contribution is -0.384. The van der Waals surface area contributed by atoms with Gasteiger partial charge in [-0.3, -0.25) is 19.7 Å². The van der Waals surface area contributed by atoms with Crippen LogP contribution in [0.3, 0.4) is 0 Å². The summed E-state index contributed by atoms with van der Waals surface area (Å²) in [6.45, 7) is 3.21. The van der Waals surface area contributed by atoms with Crippen LogP contribution in [0.5, 0.6) is 0 Å². The number of aryl methyl sites for hydroxylation is 1. The van der Waals surface area contributed by atoms with Crippen molar-refractivity contribution in [3.8, 4) is 0 Å². The molecule has 0 saturated carbocycles. The van der Waals surface area contributed by atoms with E-state index < -0.39 is 16.7 Å². The van der Waals surface area contributed by atoms with Gasteiger partial charge in [-0.15, -0.1) is 0 Å². The van der Waals surface area contributed by atoms with Crippen LogP contribution in [0.25, 0.3) is 6.08 Å². The Hall–Kier alpha value is -3.00. The molecule has 2 amide bonds. The Bertz CT molecular complexity index is 892. The number of nitro groups is 1. The fourth-order valence-electron chi connectivity index (χ4n) is 2.12. The number of nitrogens with one attached hydrogen (secondary N) is 2. The molecular weight excluding hydrogens is 402 g/mol. The second-order valence-electron chi connectivity index (χ2n) is 5.53. The second kappa shape index (κ2) is 8.39. The minimum absolute atomic E-state index is 0.0267. The molecule has 0 fully saturated rings. The molecule has 2 aromatic carbocycles. The van der Waals surface area contributed by atoms with Crippen LogP contribution in [0.1, 0.15) is 18.1 Å². The zero-order valence-electron chi connectivity index (χ0n) is 14.1. The first-order valence-electron chi connectivity index (χ1n) is 7.57. The van der Waals surface area contributed by atoms with Crippen molar-refractivity contribution in [1.82, 2.24) is 5.32 Å². The molecule has 2 rings (SSSR count). The number of anilines is 1.